The van der Waals surface area contributed by atoms with Crippen LogP contribution in [0.4, 0.5) is 11.6 Å². The monoisotopic (exact) mass is 471 g/mol. The molecule has 0 saturated carbocycles. The van der Waals surface area contributed by atoms with E-state index in [1.54, 1.807) is 36.4 Å². The van der Waals surface area contributed by atoms with E-state index in [4.69, 9.17) is 5.73 Å². The molecule has 0 atom stereocenters. The predicted octanol–water partition coefficient (Wildman–Crippen LogP) is 2.38. The lowest BCUT2D eigenvalue weighted by molar-refractivity contribution is -0.115. The zero-order valence-corrected chi connectivity index (χ0v) is 19.9. The maximum absolute atomic E-state index is 13.3. The summed E-state index contributed by atoms with van der Waals surface area (Å²) in [5.74, 6) is 0.218. The number of nitrogens with zero attached hydrogens (tertiary/aromatic N) is 5. The fourth-order valence-corrected chi connectivity index (χ4v) is 5.99. The molecular weight excluding hydrogens is 442 g/mol. The molecule has 3 N–H and O–H groups in total. The highest BCUT2D eigenvalue weighted by Gasteiger charge is 2.27. The second-order valence-electron chi connectivity index (χ2n) is 8.47. The molecule has 1 aromatic carbocycles. The van der Waals surface area contributed by atoms with Crippen molar-refractivity contribution in [1.82, 2.24) is 23.9 Å². The number of amides is 1. The van der Waals surface area contributed by atoms with Crippen molar-refractivity contribution in [1.29, 1.82) is 0 Å². The molecular formula is C22H29N7O3S. The molecule has 1 saturated heterocycles. The van der Waals surface area contributed by atoms with Gasteiger partial charge >= 0.3 is 0 Å². The summed E-state index contributed by atoms with van der Waals surface area (Å²) in [4.78, 5) is 21.5. The molecule has 4 rings (SSSR count). The van der Waals surface area contributed by atoms with Crippen molar-refractivity contribution in [2.24, 2.45) is 0 Å². The number of nitrogens with one attached hydrogen (secondary N) is 1. The van der Waals surface area contributed by atoms with Crippen LogP contribution in [0.5, 0.6) is 0 Å². The Hall–Kier alpha value is -3.05. The average molecular weight is 472 g/mol. The van der Waals surface area contributed by atoms with Gasteiger partial charge in [-0.1, -0.05) is 18.9 Å². The topological polar surface area (TPSA) is 136 Å². The van der Waals surface area contributed by atoms with Crippen molar-refractivity contribution in [2.45, 2.75) is 57.8 Å². The molecule has 1 fully saturated rings. The van der Waals surface area contributed by atoms with E-state index in [-0.39, 0.29) is 23.2 Å². The van der Waals surface area contributed by atoms with Gasteiger partial charge in [0.25, 0.3) is 5.78 Å². The van der Waals surface area contributed by atoms with Crippen LogP contribution in [0, 0.1) is 20.8 Å². The molecule has 0 bridgehead atoms. The summed E-state index contributed by atoms with van der Waals surface area (Å²) in [5.41, 5.74) is 8.87. The molecule has 33 heavy (non-hydrogen) atoms. The van der Waals surface area contributed by atoms with Crippen molar-refractivity contribution >= 4 is 33.3 Å². The van der Waals surface area contributed by atoms with Crippen LogP contribution in [-0.4, -0.2) is 51.3 Å². The number of carbonyl (C=O) groups is 1. The Morgan fingerprint density at radius 3 is 2.48 bits per heavy atom. The third kappa shape index (κ3) is 4.69. The maximum atomic E-state index is 13.3. The second kappa shape index (κ2) is 9.06. The van der Waals surface area contributed by atoms with Crippen molar-refractivity contribution < 1.29 is 13.2 Å². The second-order valence-corrected chi connectivity index (χ2v) is 10.4. The van der Waals surface area contributed by atoms with E-state index in [9.17, 15) is 13.2 Å². The number of hydrogen-bond acceptors (Lipinski definition) is 7. The van der Waals surface area contributed by atoms with E-state index in [0.717, 1.165) is 36.9 Å². The zero-order chi connectivity index (χ0) is 23.8. The number of benzene rings is 1. The Balaban J connectivity index is 1.56. The van der Waals surface area contributed by atoms with Crippen LogP contribution in [0.1, 0.15) is 48.2 Å². The van der Waals surface area contributed by atoms with Crippen molar-refractivity contribution in [3.63, 3.8) is 0 Å². The van der Waals surface area contributed by atoms with Crippen LogP contribution < -0.4 is 11.1 Å². The van der Waals surface area contributed by atoms with Gasteiger partial charge < -0.3 is 11.1 Å². The fourth-order valence-electron chi connectivity index (χ4n) is 4.22. The summed E-state index contributed by atoms with van der Waals surface area (Å²) in [5, 5.41) is 6.96. The highest BCUT2D eigenvalue weighted by Crippen LogP contribution is 2.26. The average Bonchev–Trinajstić information content (AvgIpc) is 2.96. The van der Waals surface area contributed by atoms with Crippen LogP contribution in [0.15, 0.2) is 23.1 Å². The summed E-state index contributed by atoms with van der Waals surface area (Å²) < 4.78 is 29.6. The van der Waals surface area contributed by atoms with E-state index in [1.165, 1.54) is 4.52 Å². The number of anilines is 2. The number of rotatable bonds is 5. The van der Waals surface area contributed by atoms with Gasteiger partial charge in [0, 0.05) is 35.7 Å². The number of fused-ring (bicyclic) bond motifs is 1. The van der Waals surface area contributed by atoms with Crippen molar-refractivity contribution in [3.8, 4) is 0 Å². The minimum Gasteiger partial charge on any atom is -0.366 e. The molecule has 0 spiro atoms. The van der Waals surface area contributed by atoms with E-state index in [0.29, 0.717) is 35.8 Å². The Labute approximate surface area is 193 Å². The van der Waals surface area contributed by atoms with Crippen LogP contribution in [0.25, 0.3) is 5.78 Å². The molecule has 0 unspecified atom stereocenters. The minimum absolute atomic E-state index is 0.0580. The molecule has 1 aliphatic heterocycles. The number of sulfonamides is 1. The third-order valence-electron chi connectivity index (χ3n) is 6.06. The molecule has 1 aliphatic rings. The van der Waals surface area contributed by atoms with Gasteiger partial charge in [-0.15, -0.1) is 5.10 Å². The zero-order valence-electron chi connectivity index (χ0n) is 19.1. The lowest BCUT2D eigenvalue weighted by Crippen LogP contribution is -2.32. The van der Waals surface area contributed by atoms with Gasteiger partial charge in [-0.25, -0.2) is 13.4 Å². The number of aromatic nitrogens is 4. The highest BCUT2D eigenvalue weighted by atomic mass is 32.2. The normalized spacial score (nSPS) is 15.5. The van der Waals surface area contributed by atoms with E-state index in [2.05, 4.69) is 20.4 Å². The largest absolute Gasteiger partial charge is 0.366 e. The fraction of sp³-hybridized carbons (Fsp3) is 0.455. The Morgan fingerprint density at radius 2 is 1.79 bits per heavy atom. The lowest BCUT2D eigenvalue weighted by Gasteiger charge is -2.21. The molecule has 3 aromatic rings. The van der Waals surface area contributed by atoms with Gasteiger partial charge in [0.05, 0.1) is 11.3 Å². The van der Waals surface area contributed by atoms with Gasteiger partial charge in [0.15, 0.2) is 0 Å². The van der Waals surface area contributed by atoms with Gasteiger partial charge in [0.1, 0.15) is 0 Å². The summed E-state index contributed by atoms with van der Waals surface area (Å²) in [6, 6.07) is 4.99. The highest BCUT2D eigenvalue weighted by molar-refractivity contribution is 7.89. The first-order valence-electron chi connectivity index (χ1n) is 11.1. The molecule has 2 aromatic heterocycles. The van der Waals surface area contributed by atoms with Gasteiger partial charge in [0.2, 0.25) is 21.9 Å². The summed E-state index contributed by atoms with van der Waals surface area (Å²) in [6.45, 7) is 6.46. The van der Waals surface area contributed by atoms with Crippen LogP contribution >= 0.6 is 0 Å². The first-order valence-corrected chi connectivity index (χ1v) is 12.5. The quantitative estimate of drug-likeness (QED) is 0.583. The van der Waals surface area contributed by atoms with Gasteiger partial charge in [-0.3, -0.25) is 4.79 Å². The van der Waals surface area contributed by atoms with Crippen LogP contribution in [0.3, 0.4) is 0 Å². The number of nitrogens with two attached hydrogens (primary N) is 1. The van der Waals surface area contributed by atoms with Crippen LogP contribution in [0.2, 0.25) is 0 Å². The molecule has 10 nitrogen and oxygen atoms in total. The summed E-state index contributed by atoms with van der Waals surface area (Å²) in [6.07, 6.45) is 3.87. The van der Waals surface area contributed by atoms with Crippen molar-refractivity contribution in [2.75, 3.05) is 24.1 Å². The van der Waals surface area contributed by atoms with Gasteiger partial charge in [-0.2, -0.15) is 13.8 Å². The molecule has 1 amide bonds. The van der Waals surface area contributed by atoms with E-state index < -0.39 is 10.0 Å². The number of nitrogen functional groups attached to an aromatic ring is 1. The standard InChI is InChI=1S/C22H29N7O3S/c1-14-8-9-17(12-19(14)33(31,32)28-10-6-4-5-7-11-28)25-20(30)13-18-15(2)24-22-26-21(23)27-29(22)16(18)3/h8-9,12H,4-7,10-11,13H2,1-3H3,(H2,23,27)(H,25,30). The van der Waals surface area contributed by atoms with Crippen LogP contribution in [-0.2, 0) is 21.2 Å². The first-order chi connectivity index (χ1) is 15.7. The first kappa shape index (κ1) is 23.1. The molecule has 176 valence electrons. The molecule has 11 heteroatoms. The predicted molar refractivity (Wildman–Crippen MR) is 125 cm³/mol. The molecule has 3 heterocycles. The Kier molecular flexibility index (Phi) is 6.35. The Morgan fingerprint density at radius 1 is 1.09 bits per heavy atom. The lowest BCUT2D eigenvalue weighted by atomic mass is 10.1. The number of aryl methyl sites for hydroxylation is 3. The van der Waals surface area contributed by atoms with Crippen molar-refractivity contribution in [3.05, 3.63) is 40.7 Å². The third-order valence-corrected chi connectivity index (χ3v) is 8.10. The van der Waals surface area contributed by atoms with Gasteiger partial charge in [-0.05, 0) is 51.3 Å². The Bertz CT molecular complexity index is 1310. The number of hydrogen-bond donors (Lipinski definition) is 2. The molecule has 0 radical (unpaired) electrons. The van der Waals surface area contributed by atoms with E-state index in [1.807, 2.05) is 6.92 Å². The molecule has 0 aliphatic carbocycles. The summed E-state index contributed by atoms with van der Waals surface area (Å²) in [7, 11) is -3.63. The number of carbonyl (C=O) groups excluding carboxylic acids is 1. The SMILES string of the molecule is Cc1ccc(NC(=O)Cc2c(C)nc3nc(N)nn3c2C)cc1S(=O)(=O)N1CCCCCC1. The summed E-state index contributed by atoms with van der Waals surface area (Å²) >= 11 is 0. The minimum atomic E-state index is -3.63. The smallest absolute Gasteiger partial charge is 0.254 e. The maximum Gasteiger partial charge on any atom is 0.254 e. The van der Waals surface area contributed by atoms with E-state index >= 15 is 0 Å².